The molecule has 0 aliphatic carbocycles. The van der Waals surface area contributed by atoms with Gasteiger partial charge in [-0.05, 0) is 51.1 Å². The Morgan fingerprint density at radius 2 is 1.84 bits per heavy atom. The van der Waals surface area contributed by atoms with Crippen molar-refractivity contribution in [1.82, 2.24) is 5.32 Å². The molecule has 1 aliphatic rings. The molecule has 1 heterocycles. The molecule has 1 aliphatic heterocycles. The van der Waals surface area contributed by atoms with Gasteiger partial charge in [0.2, 0.25) is 5.91 Å². The lowest BCUT2D eigenvalue weighted by Gasteiger charge is -2.29. The van der Waals surface area contributed by atoms with Gasteiger partial charge < -0.3 is 10.2 Å². The first-order valence-electron chi connectivity index (χ1n) is 6.60. The Labute approximate surface area is 123 Å². The number of benzene rings is 1. The van der Waals surface area contributed by atoms with E-state index in [1.165, 1.54) is 0 Å². The average molecular weight is 301 g/mol. The quantitative estimate of drug-likeness (QED) is 0.928. The normalized spacial score (nSPS) is 16.4. The molecule has 1 fully saturated rings. The number of carbonyl (C=O) groups excluding carboxylic acids is 1. The summed E-state index contributed by atoms with van der Waals surface area (Å²) in [6, 6.07) is 5.25. The van der Waals surface area contributed by atoms with Crippen molar-refractivity contribution in [3.63, 3.8) is 0 Å². The van der Waals surface area contributed by atoms with E-state index in [1.54, 1.807) is 23.1 Å². The Morgan fingerprint density at radius 1 is 1.26 bits per heavy atom. The molecule has 0 unspecified atom stereocenters. The standard InChI is InChI=1S/C14H18Cl2N2O/c1-2-18(13-8-11(15)7-12(16)9-13)14(19)10-3-5-17-6-4-10/h7-10,17H,2-6H2,1H3. The summed E-state index contributed by atoms with van der Waals surface area (Å²) in [5.41, 5.74) is 0.781. The molecule has 5 heteroatoms. The Bertz CT molecular complexity index is 439. The van der Waals surface area contributed by atoms with Crippen LogP contribution >= 0.6 is 23.2 Å². The van der Waals surface area contributed by atoms with E-state index < -0.39 is 0 Å². The average Bonchev–Trinajstić information content (AvgIpc) is 2.39. The van der Waals surface area contributed by atoms with Crippen molar-refractivity contribution in [3.8, 4) is 0 Å². The van der Waals surface area contributed by atoms with Gasteiger partial charge in [-0.1, -0.05) is 23.2 Å². The van der Waals surface area contributed by atoms with Crippen molar-refractivity contribution >= 4 is 34.8 Å². The van der Waals surface area contributed by atoms with Gasteiger partial charge in [-0.15, -0.1) is 0 Å². The van der Waals surface area contributed by atoms with Crippen molar-refractivity contribution in [2.24, 2.45) is 5.92 Å². The number of rotatable bonds is 3. The number of amides is 1. The third kappa shape index (κ3) is 3.62. The molecule has 1 N–H and O–H groups in total. The Morgan fingerprint density at radius 3 is 2.37 bits per heavy atom. The van der Waals surface area contributed by atoms with Crippen LogP contribution in [-0.4, -0.2) is 25.5 Å². The zero-order valence-corrected chi connectivity index (χ0v) is 12.5. The topological polar surface area (TPSA) is 32.3 Å². The first kappa shape index (κ1) is 14.6. The van der Waals surface area contributed by atoms with Gasteiger partial charge in [-0.3, -0.25) is 4.79 Å². The van der Waals surface area contributed by atoms with Gasteiger partial charge >= 0.3 is 0 Å². The largest absolute Gasteiger partial charge is 0.317 e. The van der Waals surface area contributed by atoms with Gasteiger partial charge in [0.05, 0.1) is 0 Å². The van der Waals surface area contributed by atoms with Crippen LogP contribution in [0.15, 0.2) is 18.2 Å². The van der Waals surface area contributed by atoms with Gasteiger partial charge in [-0.2, -0.15) is 0 Å². The molecule has 1 saturated heterocycles. The SMILES string of the molecule is CCN(C(=O)C1CCNCC1)c1cc(Cl)cc(Cl)c1. The number of piperidine rings is 1. The van der Waals surface area contributed by atoms with E-state index >= 15 is 0 Å². The maximum Gasteiger partial charge on any atom is 0.230 e. The summed E-state index contributed by atoms with van der Waals surface area (Å²) < 4.78 is 0. The highest BCUT2D eigenvalue weighted by atomic mass is 35.5. The molecule has 2 rings (SSSR count). The number of nitrogens with one attached hydrogen (secondary N) is 1. The van der Waals surface area contributed by atoms with Gasteiger partial charge in [0, 0.05) is 28.2 Å². The van der Waals surface area contributed by atoms with E-state index in [4.69, 9.17) is 23.2 Å². The fourth-order valence-electron chi connectivity index (χ4n) is 2.45. The fourth-order valence-corrected chi connectivity index (χ4v) is 2.96. The molecule has 0 radical (unpaired) electrons. The molecule has 3 nitrogen and oxygen atoms in total. The van der Waals surface area contributed by atoms with Crippen LogP contribution in [0.4, 0.5) is 5.69 Å². The van der Waals surface area contributed by atoms with E-state index in [1.807, 2.05) is 6.92 Å². The monoisotopic (exact) mass is 300 g/mol. The van der Waals surface area contributed by atoms with Crippen molar-refractivity contribution in [2.45, 2.75) is 19.8 Å². The van der Waals surface area contributed by atoms with Crippen LogP contribution in [0.5, 0.6) is 0 Å². The third-order valence-electron chi connectivity index (χ3n) is 3.43. The van der Waals surface area contributed by atoms with Crippen LogP contribution in [0.2, 0.25) is 10.0 Å². The fraction of sp³-hybridized carbons (Fsp3) is 0.500. The van der Waals surface area contributed by atoms with Crippen molar-refractivity contribution < 1.29 is 4.79 Å². The summed E-state index contributed by atoms with van der Waals surface area (Å²) in [6.07, 6.45) is 1.78. The van der Waals surface area contributed by atoms with Gasteiger partial charge in [0.25, 0.3) is 0 Å². The van der Waals surface area contributed by atoms with Crippen LogP contribution in [0, 0.1) is 5.92 Å². The van der Waals surface area contributed by atoms with Crippen LogP contribution in [0.25, 0.3) is 0 Å². The minimum Gasteiger partial charge on any atom is -0.317 e. The summed E-state index contributed by atoms with van der Waals surface area (Å²) in [6.45, 7) is 4.40. The van der Waals surface area contributed by atoms with Crippen LogP contribution < -0.4 is 10.2 Å². The second-order valence-corrected chi connectivity index (χ2v) is 5.61. The molecule has 1 amide bonds. The highest BCUT2D eigenvalue weighted by Gasteiger charge is 2.26. The van der Waals surface area contributed by atoms with E-state index in [2.05, 4.69) is 5.32 Å². The minimum atomic E-state index is 0.0963. The molecule has 0 saturated carbocycles. The molecular weight excluding hydrogens is 283 g/mol. The molecule has 0 aromatic heterocycles. The van der Waals surface area contributed by atoms with Gasteiger partial charge in [0.15, 0.2) is 0 Å². The van der Waals surface area contributed by atoms with Crippen molar-refractivity contribution in [2.75, 3.05) is 24.5 Å². The smallest absolute Gasteiger partial charge is 0.230 e. The van der Waals surface area contributed by atoms with E-state index in [-0.39, 0.29) is 11.8 Å². The molecule has 1 aromatic rings. The molecular formula is C14H18Cl2N2O. The molecule has 0 bridgehead atoms. The first-order chi connectivity index (χ1) is 9.11. The maximum absolute atomic E-state index is 12.6. The summed E-state index contributed by atoms with van der Waals surface area (Å²) in [4.78, 5) is 14.3. The van der Waals surface area contributed by atoms with E-state index in [0.29, 0.717) is 16.6 Å². The lowest BCUT2D eigenvalue weighted by atomic mass is 9.96. The Hall–Kier alpha value is -0.770. The van der Waals surface area contributed by atoms with Crippen LogP contribution in [0.3, 0.4) is 0 Å². The summed E-state index contributed by atoms with van der Waals surface area (Å²) in [7, 11) is 0. The minimum absolute atomic E-state index is 0.0963. The number of carbonyl (C=O) groups is 1. The summed E-state index contributed by atoms with van der Waals surface area (Å²) in [5, 5.41) is 4.38. The number of halogens is 2. The lowest BCUT2D eigenvalue weighted by Crippen LogP contribution is -2.41. The highest BCUT2D eigenvalue weighted by Crippen LogP contribution is 2.27. The van der Waals surface area contributed by atoms with Crippen molar-refractivity contribution in [3.05, 3.63) is 28.2 Å². The molecule has 0 atom stereocenters. The van der Waals surface area contributed by atoms with Crippen molar-refractivity contribution in [1.29, 1.82) is 0 Å². The predicted molar refractivity (Wildman–Crippen MR) is 80.1 cm³/mol. The zero-order valence-electron chi connectivity index (χ0n) is 11.0. The first-order valence-corrected chi connectivity index (χ1v) is 7.35. The highest BCUT2D eigenvalue weighted by molar-refractivity contribution is 6.35. The second-order valence-electron chi connectivity index (χ2n) is 4.73. The zero-order chi connectivity index (χ0) is 13.8. The molecule has 0 spiro atoms. The maximum atomic E-state index is 12.6. The number of anilines is 1. The predicted octanol–water partition coefficient (Wildman–Crippen LogP) is 3.35. The number of hydrogen-bond acceptors (Lipinski definition) is 2. The Balaban J connectivity index is 2.20. The second kappa shape index (κ2) is 6.60. The molecule has 1 aromatic carbocycles. The van der Waals surface area contributed by atoms with E-state index in [9.17, 15) is 4.79 Å². The van der Waals surface area contributed by atoms with Gasteiger partial charge in [-0.25, -0.2) is 0 Å². The van der Waals surface area contributed by atoms with Crippen LogP contribution in [0.1, 0.15) is 19.8 Å². The number of hydrogen-bond donors (Lipinski definition) is 1. The number of nitrogens with zero attached hydrogens (tertiary/aromatic N) is 1. The summed E-state index contributed by atoms with van der Waals surface area (Å²) >= 11 is 12.0. The molecule has 19 heavy (non-hydrogen) atoms. The van der Waals surface area contributed by atoms with Gasteiger partial charge in [0.1, 0.15) is 0 Å². The Kier molecular flexibility index (Phi) is 5.08. The summed E-state index contributed by atoms with van der Waals surface area (Å²) in [5.74, 6) is 0.265. The third-order valence-corrected chi connectivity index (χ3v) is 3.87. The lowest BCUT2D eigenvalue weighted by molar-refractivity contribution is -0.123. The van der Waals surface area contributed by atoms with E-state index in [0.717, 1.165) is 31.6 Å². The molecule has 104 valence electrons. The van der Waals surface area contributed by atoms with Crippen LogP contribution in [-0.2, 0) is 4.79 Å².